The Labute approximate surface area is 127 Å². The third-order valence-corrected chi connectivity index (χ3v) is 5.03. The molecule has 0 bridgehead atoms. The molecule has 2 aliphatic rings. The van der Waals surface area contributed by atoms with Gasteiger partial charge < -0.3 is 10.2 Å². The normalized spacial score (nSPS) is 25.8. The lowest BCUT2D eigenvalue weighted by Gasteiger charge is -2.17. The number of nitrogens with one attached hydrogen (secondary N) is 1. The maximum atomic E-state index is 11.7. The highest BCUT2D eigenvalue weighted by Gasteiger charge is 2.23. The molecule has 0 spiro atoms. The topological polar surface area (TPSA) is 32.3 Å². The number of benzene rings is 1. The summed E-state index contributed by atoms with van der Waals surface area (Å²) >= 11 is 0. The van der Waals surface area contributed by atoms with Crippen LogP contribution in [0.2, 0.25) is 0 Å². The summed E-state index contributed by atoms with van der Waals surface area (Å²) in [4.78, 5) is 13.6. The van der Waals surface area contributed by atoms with E-state index >= 15 is 0 Å². The van der Waals surface area contributed by atoms with Gasteiger partial charge >= 0.3 is 0 Å². The van der Waals surface area contributed by atoms with E-state index in [1.807, 2.05) is 4.90 Å². The van der Waals surface area contributed by atoms with Gasteiger partial charge in [0.25, 0.3) is 0 Å². The highest BCUT2D eigenvalue weighted by molar-refractivity contribution is 5.95. The Morgan fingerprint density at radius 1 is 1.24 bits per heavy atom. The second kappa shape index (κ2) is 6.61. The van der Waals surface area contributed by atoms with E-state index in [0.717, 1.165) is 31.1 Å². The van der Waals surface area contributed by atoms with Crippen molar-refractivity contribution in [3.8, 4) is 0 Å². The first-order valence-electron chi connectivity index (χ1n) is 8.39. The molecular formula is C18H26N2O. The van der Waals surface area contributed by atoms with E-state index in [2.05, 4.69) is 36.5 Å². The fourth-order valence-corrected chi connectivity index (χ4v) is 3.61. The van der Waals surface area contributed by atoms with E-state index in [0.29, 0.717) is 12.5 Å². The molecule has 1 aliphatic heterocycles. The molecule has 2 unspecified atom stereocenters. The predicted molar refractivity (Wildman–Crippen MR) is 86.3 cm³/mol. The summed E-state index contributed by atoms with van der Waals surface area (Å²) in [6, 6.07) is 9.17. The van der Waals surface area contributed by atoms with Crippen LogP contribution in [0.1, 0.15) is 51.0 Å². The Kier molecular flexibility index (Phi) is 4.59. The zero-order valence-corrected chi connectivity index (χ0v) is 13.0. The fraction of sp³-hybridized carbons (Fsp3) is 0.611. The van der Waals surface area contributed by atoms with Gasteiger partial charge in [0, 0.05) is 31.2 Å². The van der Waals surface area contributed by atoms with Crippen LogP contribution in [0, 0.1) is 5.92 Å². The van der Waals surface area contributed by atoms with Gasteiger partial charge in [0.2, 0.25) is 5.91 Å². The number of carbonyl (C=O) groups excluding carboxylic acids is 1. The van der Waals surface area contributed by atoms with Crippen LogP contribution in [0.4, 0.5) is 5.69 Å². The Bertz CT molecular complexity index is 482. The lowest BCUT2D eigenvalue weighted by molar-refractivity contribution is -0.117. The molecule has 3 rings (SSSR count). The van der Waals surface area contributed by atoms with Crippen molar-refractivity contribution in [1.82, 2.24) is 5.32 Å². The van der Waals surface area contributed by atoms with E-state index in [-0.39, 0.29) is 5.91 Å². The van der Waals surface area contributed by atoms with Crippen LogP contribution in [0.3, 0.4) is 0 Å². The van der Waals surface area contributed by atoms with Crippen LogP contribution in [0.15, 0.2) is 24.3 Å². The van der Waals surface area contributed by atoms with E-state index in [1.165, 1.54) is 31.2 Å². The minimum absolute atomic E-state index is 0.262. The number of nitrogens with zero attached hydrogens (tertiary/aromatic N) is 1. The molecule has 1 aromatic carbocycles. The van der Waals surface area contributed by atoms with Gasteiger partial charge in [-0.3, -0.25) is 4.79 Å². The van der Waals surface area contributed by atoms with E-state index < -0.39 is 0 Å². The average molecular weight is 286 g/mol. The molecular weight excluding hydrogens is 260 g/mol. The summed E-state index contributed by atoms with van der Waals surface area (Å²) in [5.41, 5.74) is 2.36. The van der Waals surface area contributed by atoms with E-state index in [9.17, 15) is 4.79 Å². The lowest BCUT2D eigenvalue weighted by atomic mass is 10.1. The van der Waals surface area contributed by atoms with Crippen LogP contribution < -0.4 is 10.2 Å². The Balaban J connectivity index is 1.52. The highest BCUT2D eigenvalue weighted by Crippen LogP contribution is 2.28. The van der Waals surface area contributed by atoms with E-state index in [1.54, 1.807) is 0 Å². The maximum Gasteiger partial charge on any atom is 0.227 e. The zero-order chi connectivity index (χ0) is 14.7. The van der Waals surface area contributed by atoms with Crippen molar-refractivity contribution in [3.05, 3.63) is 29.8 Å². The molecule has 2 atom stereocenters. The molecule has 1 N–H and O–H groups in total. The quantitative estimate of drug-likeness (QED) is 0.898. The highest BCUT2D eigenvalue weighted by atomic mass is 16.2. The molecule has 0 aromatic heterocycles. The molecule has 1 aliphatic carbocycles. The van der Waals surface area contributed by atoms with Crippen LogP contribution in [-0.2, 0) is 11.3 Å². The summed E-state index contributed by atoms with van der Waals surface area (Å²) in [5.74, 6) is 1.18. The van der Waals surface area contributed by atoms with Gasteiger partial charge in [0.05, 0.1) is 0 Å². The number of amides is 1. The second-order valence-electron chi connectivity index (χ2n) is 6.48. The molecule has 3 nitrogen and oxygen atoms in total. The number of carbonyl (C=O) groups is 1. The second-order valence-corrected chi connectivity index (χ2v) is 6.48. The van der Waals surface area contributed by atoms with Gasteiger partial charge in [-0.1, -0.05) is 25.5 Å². The molecule has 3 heteroatoms. The Hall–Kier alpha value is -1.35. The smallest absolute Gasteiger partial charge is 0.227 e. The van der Waals surface area contributed by atoms with Crippen LogP contribution in [0.5, 0.6) is 0 Å². The first-order valence-corrected chi connectivity index (χ1v) is 8.39. The van der Waals surface area contributed by atoms with Gasteiger partial charge in [-0.25, -0.2) is 0 Å². The summed E-state index contributed by atoms with van der Waals surface area (Å²) in [6.07, 6.45) is 7.03. The Morgan fingerprint density at radius 3 is 2.67 bits per heavy atom. The largest absolute Gasteiger partial charge is 0.312 e. The van der Waals surface area contributed by atoms with Crippen molar-refractivity contribution in [2.24, 2.45) is 5.92 Å². The number of hydrogen-bond donors (Lipinski definition) is 1. The fourth-order valence-electron chi connectivity index (χ4n) is 3.61. The molecule has 1 amide bonds. The zero-order valence-electron chi connectivity index (χ0n) is 13.0. The van der Waals surface area contributed by atoms with Crippen molar-refractivity contribution in [2.75, 3.05) is 11.4 Å². The first-order chi connectivity index (χ1) is 10.3. The van der Waals surface area contributed by atoms with Crippen molar-refractivity contribution in [3.63, 3.8) is 0 Å². The monoisotopic (exact) mass is 286 g/mol. The van der Waals surface area contributed by atoms with Crippen molar-refractivity contribution in [2.45, 2.75) is 58.0 Å². The van der Waals surface area contributed by atoms with Crippen LogP contribution in [-0.4, -0.2) is 18.5 Å². The third kappa shape index (κ3) is 3.46. The molecule has 114 valence electrons. The number of anilines is 1. The molecule has 2 fully saturated rings. The van der Waals surface area contributed by atoms with Crippen LogP contribution in [0.25, 0.3) is 0 Å². The molecule has 1 saturated carbocycles. The number of rotatable bonds is 5. The predicted octanol–water partition coefficient (Wildman–Crippen LogP) is 3.48. The van der Waals surface area contributed by atoms with Gasteiger partial charge in [-0.05, 0) is 49.3 Å². The third-order valence-electron chi connectivity index (χ3n) is 5.03. The average Bonchev–Trinajstić information content (AvgIpc) is 3.14. The molecule has 1 heterocycles. The molecule has 21 heavy (non-hydrogen) atoms. The maximum absolute atomic E-state index is 11.7. The van der Waals surface area contributed by atoms with Crippen LogP contribution >= 0.6 is 0 Å². The van der Waals surface area contributed by atoms with Gasteiger partial charge in [0.15, 0.2) is 0 Å². The summed E-state index contributed by atoms with van der Waals surface area (Å²) in [5, 5.41) is 3.68. The number of hydrogen-bond acceptors (Lipinski definition) is 2. The van der Waals surface area contributed by atoms with Crippen molar-refractivity contribution >= 4 is 11.6 Å². The lowest BCUT2D eigenvalue weighted by Crippen LogP contribution is -2.26. The first kappa shape index (κ1) is 14.6. The van der Waals surface area contributed by atoms with E-state index in [4.69, 9.17) is 0 Å². The van der Waals surface area contributed by atoms with Gasteiger partial charge in [-0.2, -0.15) is 0 Å². The van der Waals surface area contributed by atoms with Gasteiger partial charge in [-0.15, -0.1) is 0 Å². The molecule has 0 radical (unpaired) electrons. The minimum atomic E-state index is 0.262. The Morgan fingerprint density at radius 2 is 2.05 bits per heavy atom. The summed E-state index contributed by atoms with van der Waals surface area (Å²) in [6.45, 7) is 4.11. The standard InChI is InChI=1S/C18H26N2O/c1-2-14-5-8-16(12-14)19-13-15-6-9-17(10-7-15)20-11-3-4-18(20)21/h6-7,9-10,14,16,19H,2-5,8,11-13H2,1H3. The summed E-state index contributed by atoms with van der Waals surface area (Å²) < 4.78 is 0. The summed E-state index contributed by atoms with van der Waals surface area (Å²) in [7, 11) is 0. The van der Waals surface area contributed by atoms with Crippen molar-refractivity contribution in [1.29, 1.82) is 0 Å². The minimum Gasteiger partial charge on any atom is -0.312 e. The molecule has 1 aromatic rings. The van der Waals surface area contributed by atoms with Crippen molar-refractivity contribution < 1.29 is 4.79 Å². The van der Waals surface area contributed by atoms with Gasteiger partial charge in [0.1, 0.15) is 0 Å². The SMILES string of the molecule is CCC1CCC(NCc2ccc(N3CCCC3=O)cc2)C1. The molecule has 1 saturated heterocycles.